The van der Waals surface area contributed by atoms with Gasteiger partial charge in [-0.2, -0.15) is 0 Å². The number of rotatable bonds is 7. The van der Waals surface area contributed by atoms with E-state index in [9.17, 15) is 8.42 Å². The third-order valence-electron chi connectivity index (χ3n) is 3.31. The Bertz CT molecular complexity index is 563. The second-order valence-corrected chi connectivity index (χ2v) is 7.92. The predicted molar refractivity (Wildman–Crippen MR) is 86.2 cm³/mol. The average molecular weight is 314 g/mol. The maximum Gasteiger partial charge on any atom is 0.240 e. The van der Waals surface area contributed by atoms with E-state index in [0.29, 0.717) is 18.0 Å². The molecule has 20 heavy (non-hydrogen) atoms. The van der Waals surface area contributed by atoms with Crippen molar-refractivity contribution in [2.45, 2.75) is 38.5 Å². The summed E-state index contributed by atoms with van der Waals surface area (Å²) in [4.78, 5) is 0.652. The topological polar surface area (TPSA) is 72.2 Å². The summed E-state index contributed by atoms with van der Waals surface area (Å²) in [6.45, 7) is 6.51. The van der Waals surface area contributed by atoms with E-state index in [1.54, 1.807) is 24.3 Å². The lowest BCUT2D eigenvalue weighted by Gasteiger charge is -2.22. The van der Waals surface area contributed by atoms with Crippen molar-refractivity contribution in [1.82, 2.24) is 4.72 Å². The highest BCUT2D eigenvalue weighted by atomic mass is 32.2. The van der Waals surface area contributed by atoms with Gasteiger partial charge in [0.05, 0.1) is 9.88 Å². The number of hydrogen-bond donors (Lipinski definition) is 2. The zero-order valence-electron chi connectivity index (χ0n) is 12.1. The summed E-state index contributed by atoms with van der Waals surface area (Å²) in [5.41, 5.74) is 6.31. The van der Waals surface area contributed by atoms with Crippen LogP contribution in [0.1, 0.15) is 32.8 Å². The summed E-state index contributed by atoms with van der Waals surface area (Å²) in [7, 11) is -3.46. The lowest BCUT2D eigenvalue weighted by atomic mass is 9.91. The summed E-state index contributed by atoms with van der Waals surface area (Å²) in [5.74, 6) is 0. The SMILES string of the molecule is CCC(C)(C)CNS(=O)(=O)c1ccc(CC(N)=S)cc1. The Hall–Kier alpha value is -0.980. The molecule has 6 heteroatoms. The summed E-state index contributed by atoms with van der Waals surface area (Å²) in [5, 5.41) is 0. The highest BCUT2D eigenvalue weighted by Crippen LogP contribution is 2.19. The molecule has 0 aliphatic heterocycles. The Labute approximate surface area is 126 Å². The Morgan fingerprint density at radius 1 is 1.30 bits per heavy atom. The van der Waals surface area contributed by atoms with Crippen LogP contribution in [-0.2, 0) is 16.4 Å². The molecule has 0 bridgehead atoms. The molecule has 1 rings (SSSR count). The van der Waals surface area contributed by atoms with Crippen molar-refractivity contribution in [2.24, 2.45) is 11.1 Å². The van der Waals surface area contributed by atoms with E-state index >= 15 is 0 Å². The predicted octanol–water partition coefficient (Wildman–Crippen LogP) is 2.23. The summed E-state index contributed by atoms with van der Waals surface area (Å²) >= 11 is 4.83. The molecule has 0 saturated heterocycles. The van der Waals surface area contributed by atoms with Gasteiger partial charge in [-0.05, 0) is 29.5 Å². The average Bonchev–Trinajstić information content (AvgIpc) is 2.37. The van der Waals surface area contributed by atoms with Crippen LogP contribution in [-0.4, -0.2) is 20.0 Å². The zero-order chi connectivity index (χ0) is 15.4. The number of hydrogen-bond acceptors (Lipinski definition) is 3. The van der Waals surface area contributed by atoms with E-state index < -0.39 is 10.0 Å². The molecule has 0 radical (unpaired) electrons. The van der Waals surface area contributed by atoms with Crippen molar-refractivity contribution in [3.63, 3.8) is 0 Å². The lowest BCUT2D eigenvalue weighted by Crippen LogP contribution is -2.33. The number of sulfonamides is 1. The van der Waals surface area contributed by atoms with E-state index in [2.05, 4.69) is 4.72 Å². The molecule has 0 fully saturated rings. The minimum Gasteiger partial charge on any atom is -0.393 e. The molecule has 4 nitrogen and oxygen atoms in total. The quantitative estimate of drug-likeness (QED) is 0.757. The van der Waals surface area contributed by atoms with Crippen LogP contribution in [0.3, 0.4) is 0 Å². The fourth-order valence-corrected chi connectivity index (χ4v) is 2.89. The minimum atomic E-state index is -3.46. The van der Waals surface area contributed by atoms with Gasteiger partial charge >= 0.3 is 0 Å². The van der Waals surface area contributed by atoms with Crippen molar-refractivity contribution in [2.75, 3.05) is 6.54 Å². The van der Waals surface area contributed by atoms with Crippen LogP contribution in [0.2, 0.25) is 0 Å². The van der Waals surface area contributed by atoms with Crippen LogP contribution in [0.5, 0.6) is 0 Å². The second kappa shape index (κ2) is 6.65. The molecular formula is C14H22N2O2S2. The fraction of sp³-hybridized carbons (Fsp3) is 0.500. The van der Waals surface area contributed by atoms with Crippen LogP contribution in [0.15, 0.2) is 29.2 Å². The standard InChI is InChI=1S/C14H22N2O2S2/c1-4-14(2,3)10-16-20(17,18)12-7-5-11(6-8-12)9-13(15)19/h5-8,16H,4,9-10H2,1-3H3,(H2,15,19). The first-order valence-electron chi connectivity index (χ1n) is 6.53. The first-order valence-corrected chi connectivity index (χ1v) is 8.42. The molecule has 3 N–H and O–H groups in total. The summed E-state index contributed by atoms with van der Waals surface area (Å²) in [6, 6.07) is 6.63. The smallest absolute Gasteiger partial charge is 0.240 e. The highest BCUT2D eigenvalue weighted by molar-refractivity contribution is 7.89. The molecule has 0 unspecified atom stereocenters. The molecule has 1 aromatic carbocycles. The van der Waals surface area contributed by atoms with Crippen LogP contribution in [0, 0.1) is 5.41 Å². The third kappa shape index (κ3) is 5.19. The van der Waals surface area contributed by atoms with Gasteiger partial charge in [0.1, 0.15) is 0 Å². The number of thiocarbonyl (C=S) groups is 1. The molecule has 0 aromatic heterocycles. The molecule has 0 aliphatic carbocycles. The van der Waals surface area contributed by atoms with Crippen LogP contribution < -0.4 is 10.5 Å². The minimum absolute atomic E-state index is 0.0568. The monoisotopic (exact) mass is 314 g/mol. The molecule has 0 spiro atoms. The largest absolute Gasteiger partial charge is 0.393 e. The molecule has 0 heterocycles. The van der Waals surface area contributed by atoms with Gasteiger partial charge in [-0.15, -0.1) is 0 Å². The lowest BCUT2D eigenvalue weighted by molar-refractivity contribution is 0.350. The summed E-state index contributed by atoms with van der Waals surface area (Å²) < 4.78 is 27.0. The van der Waals surface area contributed by atoms with Gasteiger partial charge in [0.15, 0.2) is 0 Å². The first-order chi connectivity index (χ1) is 9.16. The molecule has 0 amide bonds. The fourth-order valence-electron chi connectivity index (χ4n) is 1.49. The van der Waals surface area contributed by atoms with Gasteiger partial charge < -0.3 is 5.73 Å². The first kappa shape index (κ1) is 17.1. The molecule has 1 aromatic rings. The second-order valence-electron chi connectivity index (χ2n) is 5.63. The Balaban J connectivity index is 2.80. The highest BCUT2D eigenvalue weighted by Gasteiger charge is 2.20. The normalized spacial score (nSPS) is 12.3. The van der Waals surface area contributed by atoms with Crippen molar-refractivity contribution in [3.05, 3.63) is 29.8 Å². The van der Waals surface area contributed by atoms with Gasteiger partial charge in [0.25, 0.3) is 0 Å². The molecular weight excluding hydrogens is 292 g/mol. The van der Waals surface area contributed by atoms with Gasteiger partial charge in [-0.25, -0.2) is 13.1 Å². The zero-order valence-corrected chi connectivity index (χ0v) is 13.8. The molecule has 112 valence electrons. The van der Waals surface area contributed by atoms with Crippen LogP contribution >= 0.6 is 12.2 Å². The number of benzene rings is 1. The number of nitrogens with two attached hydrogens (primary N) is 1. The van der Waals surface area contributed by atoms with E-state index in [1.165, 1.54) is 0 Å². The Morgan fingerprint density at radius 3 is 2.30 bits per heavy atom. The van der Waals surface area contributed by atoms with Crippen LogP contribution in [0.4, 0.5) is 0 Å². The molecule has 0 atom stereocenters. The summed E-state index contributed by atoms with van der Waals surface area (Å²) in [6.07, 6.45) is 1.38. The number of nitrogens with one attached hydrogen (secondary N) is 1. The Kier molecular flexibility index (Phi) is 5.68. The van der Waals surface area contributed by atoms with Crippen molar-refractivity contribution < 1.29 is 8.42 Å². The van der Waals surface area contributed by atoms with E-state index in [4.69, 9.17) is 18.0 Å². The van der Waals surface area contributed by atoms with E-state index in [1.807, 2.05) is 20.8 Å². The van der Waals surface area contributed by atoms with E-state index in [-0.39, 0.29) is 10.3 Å². The van der Waals surface area contributed by atoms with Crippen LogP contribution in [0.25, 0.3) is 0 Å². The van der Waals surface area contributed by atoms with Crippen molar-refractivity contribution in [1.29, 1.82) is 0 Å². The van der Waals surface area contributed by atoms with Crippen molar-refractivity contribution in [3.8, 4) is 0 Å². The van der Waals surface area contributed by atoms with Gasteiger partial charge in [-0.3, -0.25) is 0 Å². The van der Waals surface area contributed by atoms with Gasteiger partial charge in [-0.1, -0.05) is 45.1 Å². The van der Waals surface area contributed by atoms with Gasteiger partial charge in [0.2, 0.25) is 10.0 Å². The Morgan fingerprint density at radius 2 is 1.85 bits per heavy atom. The molecule has 0 aliphatic rings. The van der Waals surface area contributed by atoms with E-state index in [0.717, 1.165) is 12.0 Å². The maximum absolute atomic E-state index is 12.2. The van der Waals surface area contributed by atoms with Gasteiger partial charge in [0, 0.05) is 13.0 Å². The third-order valence-corrected chi connectivity index (χ3v) is 4.87. The van der Waals surface area contributed by atoms with Crippen molar-refractivity contribution >= 4 is 27.2 Å². The molecule has 0 saturated carbocycles. The maximum atomic E-state index is 12.2.